The van der Waals surface area contributed by atoms with Gasteiger partial charge in [0.25, 0.3) is 0 Å². The largest absolute Gasteiger partial charge is 0.398 e. The van der Waals surface area contributed by atoms with Gasteiger partial charge in [0.15, 0.2) is 9.84 Å². The maximum Gasteiger partial charge on any atom is 0.154 e. The Kier molecular flexibility index (Phi) is 3.84. The summed E-state index contributed by atoms with van der Waals surface area (Å²) in [6.07, 6.45) is 3.00. The fourth-order valence-corrected chi connectivity index (χ4v) is 2.29. The van der Waals surface area contributed by atoms with Gasteiger partial charge in [0.2, 0.25) is 0 Å². The Labute approximate surface area is 125 Å². The lowest BCUT2D eigenvalue weighted by Gasteiger charge is -2.24. The fourth-order valence-electron chi connectivity index (χ4n) is 1.96. The number of aryl methyl sites for hydroxylation is 1. The van der Waals surface area contributed by atoms with Crippen LogP contribution in [0.1, 0.15) is 19.5 Å². The lowest BCUT2D eigenvalue weighted by atomic mass is 10.1. The highest BCUT2D eigenvalue weighted by molar-refractivity contribution is 7.92. The van der Waals surface area contributed by atoms with Crippen molar-refractivity contribution in [1.82, 2.24) is 4.98 Å². The third-order valence-corrected chi connectivity index (χ3v) is 5.93. The lowest BCUT2D eigenvalue weighted by molar-refractivity contribution is 0.560. The highest BCUT2D eigenvalue weighted by Crippen LogP contribution is 2.29. The van der Waals surface area contributed by atoms with Crippen molar-refractivity contribution < 1.29 is 8.42 Å². The molecule has 0 unspecified atom stereocenters. The molecule has 6 heteroatoms. The molecule has 1 aromatic carbocycles. The number of anilines is 2. The summed E-state index contributed by atoms with van der Waals surface area (Å²) >= 11 is 0. The zero-order valence-corrected chi connectivity index (χ0v) is 13.6. The van der Waals surface area contributed by atoms with Gasteiger partial charge in [0.05, 0.1) is 4.75 Å². The average molecular weight is 307 g/mol. The molecule has 0 aliphatic rings. The number of sulfone groups is 1. The Morgan fingerprint density at radius 2 is 1.95 bits per heavy atom. The smallest absolute Gasteiger partial charge is 0.154 e. The van der Waals surface area contributed by atoms with Crippen LogP contribution in [0.3, 0.4) is 0 Å². The van der Waals surface area contributed by atoms with Crippen LogP contribution in [0, 0.1) is 6.92 Å². The third-order valence-electron chi connectivity index (χ3n) is 3.78. The molecule has 0 fully saturated rings. The maximum absolute atomic E-state index is 11.8. The van der Waals surface area contributed by atoms with Crippen molar-refractivity contribution in [3.63, 3.8) is 0 Å². The zero-order valence-electron chi connectivity index (χ0n) is 12.8. The SMILES string of the molecule is Cc1cc2c(NCC(C)(C)S(C)(=O)=O)ccc(N)c2cn1. The number of benzene rings is 1. The Morgan fingerprint density at radius 3 is 2.57 bits per heavy atom. The molecule has 1 aromatic heterocycles. The summed E-state index contributed by atoms with van der Waals surface area (Å²) in [6, 6.07) is 5.62. The summed E-state index contributed by atoms with van der Waals surface area (Å²) in [5, 5.41) is 5.04. The van der Waals surface area contributed by atoms with Gasteiger partial charge in [-0.1, -0.05) is 0 Å². The van der Waals surface area contributed by atoms with E-state index in [9.17, 15) is 8.42 Å². The number of pyridine rings is 1. The van der Waals surface area contributed by atoms with E-state index in [2.05, 4.69) is 10.3 Å². The summed E-state index contributed by atoms with van der Waals surface area (Å²) in [6.45, 7) is 5.66. The highest BCUT2D eigenvalue weighted by atomic mass is 32.2. The quantitative estimate of drug-likeness (QED) is 0.847. The van der Waals surface area contributed by atoms with Gasteiger partial charge in [0, 0.05) is 46.8 Å². The van der Waals surface area contributed by atoms with Crippen LogP contribution in [0.15, 0.2) is 24.4 Å². The molecule has 0 aliphatic carbocycles. The molecule has 5 nitrogen and oxygen atoms in total. The van der Waals surface area contributed by atoms with Crippen LogP contribution >= 0.6 is 0 Å². The van der Waals surface area contributed by atoms with Crippen LogP contribution in [0.5, 0.6) is 0 Å². The molecule has 114 valence electrons. The number of nitrogens with two attached hydrogens (primary N) is 1. The topological polar surface area (TPSA) is 85.1 Å². The zero-order chi connectivity index (χ0) is 15.8. The van der Waals surface area contributed by atoms with Gasteiger partial charge in [0.1, 0.15) is 0 Å². The standard InChI is InChI=1S/C15H21N3O2S/c1-10-7-11-12(8-17-10)13(16)5-6-14(11)18-9-15(2,3)21(4,19)20/h5-8,18H,9,16H2,1-4H3. The van der Waals surface area contributed by atoms with Crippen LogP contribution < -0.4 is 11.1 Å². The molecule has 2 aromatic rings. The Hall–Kier alpha value is -1.82. The highest BCUT2D eigenvalue weighted by Gasteiger charge is 2.29. The minimum absolute atomic E-state index is 0.326. The van der Waals surface area contributed by atoms with Gasteiger partial charge in [-0.25, -0.2) is 8.42 Å². The van der Waals surface area contributed by atoms with E-state index in [1.807, 2.05) is 19.1 Å². The molecule has 2 rings (SSSR count). The second-order valence-corrected chi connectivity index (χ2v) is 8.61. The van der Waals surface area contributed by atoms with Gasteiger partial charge in [-0.15, -0.1) is 0 Å². The molecular formula is C15H21N3O2S. The first-order valence-electron chi connectivity index (χ1n) is 6.70. The molecule has 1 heterocycles. The van der Waals surface area contributed by atoms with Crippen LogP contribution in [-0.2, 0) is 9.84 Å². The van der Waals surface area contributed by atoms with Gasteiger partial charge in [-0.3, -0.25) is 4.98 Å². The molecular weight excluding hydrogens is 286 g/mol. The predicted octanol–water partition coefficient (Wildman–Crippen LogP) is 2.36. The van der Waals surface area contributed by atoms with Gasteiger partial charge < -0.3 is 11.1 Å². The van der Waals surface area contributed by atoms with Gasteiger partial charge >= 0.3 is 0 Å². The molecule has 0 saturated carbocycles. The van der Waals surface area contributed by atoms with Crippen molar-refractivity contribution in [2.45, 2.75) is 25.5 Å². The lowest BCUT2D eigenvalue weighted by Crippen LogP contribution is -2.38. The van der Waals surface area contributed by atoms with E-state index in [-0.39, 0.29) is 0 Å². The first kappa shape index (κ1) is 15.6. The maximum atomic E-state index is 11.8. The van der Waals surface area contributed by atoms with E-state index in [1.165, 1.54) is 6.26 Å². The number of nitrogens with one attached hydrogen (secondary N) is 1. The monoisotopic (exact) mass is 307 g/mol. The van der Waals surface area contributed by atoms with Crippen molar-refractivity contribution in [3.8, 4) is 0 Å². The molecule has 0 bridgehead atoms. The first-order chi connectivity index (χ1) is 9.62. The number of nitrogen functional groups attached to an aromatic ring is 1. The predicted molar refractivity (Wildman–Crippen MR) is 88.3 cm³/mol. The van der Waals surface area contributed by atoms with Crippen LogP contribution in [0.25, 0.3) is 10.8 Å². The number of hydrogen-bond donors (Lipinski definition) is 2. The summed E-state index contributed by atoms with van der Waals surface area (Å²) in [5.41, 5.74) is 8.37. The van der Waals surface area contributed by atoms with Crippen molar-refractivity contribution >= 4 is 32.0 Å². The van der Waals surface area contributed by atoms with Crippen molar-refractivity contribution in [3.05, 3.63) is 30.1 Å². The summed E-state index contributed by atoms with van der Waals surface area (Å²) in [5.74, 6) is 0. The van der Waals surface area contributed by atoms with E-state index >= 15 is 0 Å². The van der Waals surface area contributed by atoms with E-state index < -0.39 is 14.6 Å². The van der Waals surface area contributed by atoms with Crippen molar-refractivity contribution in [2.24, 2.45) is 0 Å². The van der Waals surface area contributed by atoms with Gasteiger partial charge in [-0.2, -0.15) is 0 Å². The molecule has 0 saturated heterocycles. The first-order valence-corrected chi connectivity index (χ1v) is 8.59. The Bertz CT molecular complexity index is 783. The second kappa shape index (κ2) is 5.18. The number of rotatable bonds is 4. The number of hydrogen-bond acceptors (Lipinski definition) is 5. The fraction of sp³-hybridized carbons (Fsp3) is 0.400. The molecule has 0 amide bonds. The Balaban J connectivity index is 2.40. The van der Waals surface area contributed by atoms with E-state index in [0.29, 0.717) is 12.2 Å². The molecule has 0 atom stereocenters. The van der Waals surface area contributed by atoms with Crippen LogP contribution in [0.4, 0.5) is 11.4 Å². The average Bonchev–Trinajstić information content (AvgIpc) is 2.36. The minimum Gasteiger partial charge on any atom is -0.398 e. The van der Waals surface area contributed by atoms with Crippen molar-refractivity contribution in [2.75, 3.05) is 23.9 Å². The molecule has 0 aliphatic heterocycles. The molecule has 0 radical (unpaired) electrons. The Morgan fingerprint density at radius 1 is 1.29 bits per heavy atom. The van der Waals surface area contributed by atoms with E-state index in [0.717, 1.165) is 22.2 Å². The summed E-state index contributed by atoms with van der Waals surface area (Å²) < 4.78 is 22.7. The minimum atomic E-state index is -3.14. The second-order valence-electron chi connectivity index (χ2n) is 5.96. The molecule has 0 spiro atoms. The molecule has 3 N–H and O–H groups in total. The number of aromatic nitrogens is 1. The normalized spacial score (nSPS) is 12.6. The van der Waals surface area contributed by atoms with E-state index in [4.69, 9.17) is 5.73 Å². The summed E-state index contributed by atoms with van der Waals surface area (Å²) in [4.78, 5) is 4.25. The number of fused-ring (bicyclic) bond motifs is 1. The van der Waals surface area contributed by atoms with Crippen molar-refractivity contribution in [1.29, 1.82) is 0 Å². The van der Waals surface area contributed by atoms with Crippen LogP contribution in [-0.4, -0.2) is 30.9 Å². The summed E-state index contributed by atoms with van der Waals surface area (Å²) in [7, 11) is -3.14. The molecule has 21 heavy (non-hydrogen) atoms. The van der Waals surface area contributed by atoms with E-state index in [1.54, 1.807) is 26.1 Å². The van der Waals surface area contributed by atoms with Crippen LogP contribution in [0.2, 0.25) is 0 Å². The number of nitrogens with zero attached hydrogens (tertiary/aromatic N) is 1. The van der Waals surface area contributed by atoms with Gasteiger partial charge in [-0.05, 0) is 39.0 Å². The third kappa shape index (κ3) is 3.10.